The summed E-state index contributed by atoms with van der Waals surface area (Å²) in [7, 11) is 0. The normalized spacial score (nSPS) is 17.4. The predicted molar refractivity (Wildman–Crippen MR) is 103 cm³/mol. The first-order valence-corrected chi connectivity index (χ1v) is 9.40. The molecule has 1 atom stereocenters. The SMILES string of the molecule is CC(C)(C)OC(O)N1CCN(c2cc(-c3ccccc3)c(C(F)(F)F)nn2)CC1. The summed E-state index contributed by atoms with van der Waals surface area (Å²) in [5, 5.41) is 17.5. The highest BCUT2D eigenvalue weighted by Crippen LogP contribution is 2.36. The number of hydrogen-bond donors (Lipinski definition) is 1. The molecule has 1 saturated heterocycles. The van der Waals surface area contributed by atoms with Crippen LogP contribution < -0.4 is 4.90 Å². The number of anilines is 1. The average Bonchev–Trinajstić information content (AvgIpc) is 2.66. The number of aromatic nitrogens is 2. The van der Waals surface area contributed by atoms with Crippen molar-refractivity contribution < 1.29 is 23.0 Å². The number of piperazine rings is 1. The van der Waals surface area contributed by atoms with Gasteiger partial charge in [-0.15, -0.1) is 10.2 Å². The third kappa shape index (κ3) is 5.43. The van der Waals surface area contributed by atoms with Crippen molar-refractivity contribution in [2.24, 2.45) is 0 Å². The second-order valence-electron chi connectivity index (χ2n) is 7.91. The van der Waals surface area contributed by atoms with Crippen molar-refractivity contribution >= 4 is 5.82 Å². The van der Waals surface area contributed by atoms with Gasteiger partial charge in [-0.2, -0.15) is 13.2 Å². The second kappa shape index (κ2) is 8.25. The van der Waals surface area contributed by atoms with Crippen molar-refractivity contribution in [1.29, 1.82) is 0 Å². The zero-order valence-electron chi connectivity index (χ0n) is 16.6. The van der Waals surface area contributed by atoms with Crippen LogP contribution in [0.15, 0.2) is 36.4 Å². The number of halogens is 3. The molecule has 1 aromatic heterocycles. The van der Waals surface area contributed by atoms with Crippen LogP contribution in [0, 0.1) is 0 Å². The molecule has 1 fully saturated rings. The Morgan fingerprint density at radius 2 is 1.62 bits per heavy atom. The Hall–Kier alpha value is -2.23. The minimum absolute atomic E-state index is 0.00151. The summed E-state index contributed by atoms with van der Waals surface area (Å²) >= 11 is 0. The van der Waals surface area contributed by atoms with Crippen LogP contribution in [-0.2, 0) is 10.9 Å². The molecule has 2 aromatic rings. The highest BCUT2D eigenvalue weighted by Gasteiger charge is 2.37. The lowest BCUT2D eigenvalue weighted by atomic mass is 10.0. The first-order valence-electron chi connectivity index (χ1n) is 9.40. The van der Waals surface area contributed by atoms with Gasteiger partial charge in [-0.1, -0.05) is 30.3 Å². The quantitative estimate of drug-likeness (QED) is 0.780. The van der Waals surface area contributed by atoms with E-state index in [1.165, 1.54) is 6.07 Å². The molecule has 1 aliphatic rings. The van der Waals surface area contributed by atoms with E-state index in [9.17, 15) is 18.3 Å². The molecule has 158 valence electrons. The number of rotatable bonds is 4. The number of benzene rings is 1. The van der Waals surface area contributed by atoms with Crippen molar-refractivity contribution in [3.63, 3.8) is 0 Å². The third-order valence-electron chi connectivity index (χ3n) is 4.54. The van der Waals surface area contributed by atoms with Crippen LogP contribution in [0.5, 0.6) is 0 Å². The maximum absolute atomic E-state index is 13.4. The van der Waals surface area contributed by atoms with Gasteiger partial charge in [0, 0.05) is 31.7 Å². The molecule has 1 aliphatic heterocycles. The summed E-state index contributed by atoms with van der Waals surface area (Å²) in [5.41, 5.74) is -1.05. The van der Waals surface area contributed by atoms with Crippen molar-refractivity contribution in [3.8, 4) is 11.1 Å². The van der Waals surface area contributed by atoms with E-state index in [4.69, 9.17) is 4.74 Å². The molecule has 0 aliphatic carbocycles. The van der Waals surface area contributed by atoms with Crippen LogP contribution in [0.3, 0.4) is 0 Å². The standard InChI is InChI=1S/C20H25F3N4O2/c1-19(2,3)29-18(28)27-11-9-26(10-12-27)16-13-15(14-7-5-4-6-8-14)17(25-24-16)20(21,22)23/h4-8,13,18,28H,9-12H2,1-3H3. The molecule has 2 heterocycles. The summed E-state index contributed by atoms with van der Waals surface area (Å²) in [6.45, 7) is 7.51. The van der Waals surface area contributed by atoms with Crippen molar-refractivity contribution in [2.75, 3.05) is 31.1 Å². The van der Waals surface area contributed by atoms with Crippen LogP contribution in [0.4, 0.5) is 19.0 Å². The minimum atomic E-state index is -4.59. The molecule has 1 aromatic carbocycles. The number of hydrogen-bond acceptors (Lipinski definition) is 6. The summed E-state index contributed by atoms with van der Waals surface area (Å²) in [6, 6.07) is 9.79. The van der Waals surface area contributed by atoms with Crippen LogP contribution in [-0.4, -0.2) is 58.4 Å². The lowest BCUT2D eigenvalue weighted by Crippen LogP contribution is -2.52. The first-order chi connectivity index (χ1) is 13.5. The zero-order chi connectivity index (χ0) is 21.2. The molecule has 1 unspecified atom stereocenters. The van der Waals surface area contributed by atoms with E-state index in [1.807, 2.05) is 25.7 Å². The van der Waals surface area contributed by atoms with Gasteiger partial charge in [0.05, 0.1) is 5.60 Å². The molecule has 9 heteroatoms. The van der Waals surface area contributed by atoms with E-state index in [-0.39, 0.29) is 5.56 Å². The Labute approximate surface area is 167 Å². The smallest absolute Gasteiger partial charge is 0.356 e. The third-order valence-corrected chi connectivity index (χ3v) is 4.54. The average molecular weight is 410 g/mol. The Balaban J connectivity index is 1.79. The second-order valence-corrected chi connectivity index (χ2v) is 7.91. The molecule has 1 N–H and O–H groups in total. The molecule has 0 radical (unpaired) electrons. The van der Waals surface area contributed by atoms with Gasteiger partial charge < -0.3 is 14.7 Å². The molecule has 0 spiro atoms. The Morgan fingerprint density at radius 3 is 2.17 bits per heavy atom. The van der Waals surface area contributed by atoms with E-state index >= 15 is 0 Å². The Bertz CT molecular complexity index is 817. The lowest BCUT2D eigenvalue weighted by molar-refractivity contribution is -0.239. The number of aliphatic hydroxyl groups excluding tert-OH is 1. The number of aliphatic hydroxyl groups is 1. The van der Waals surface area contributed by atoms with Crippen LogP contribution in [0.2, 0.25) is 0 Å². The molecular weight excluding hydrogens is 385 g/mol. The van der Waals surface area contributed by atoms with E-state index in [2.05, 4.69) is 10.2 Å². The van der Waals surface area contributed by atoms with E-state index in [0.29, 0.717) is 37.6 Å². The maximum Gasteiger partial charge on any atom is 0.435 e. The Morgan fingerprint density at radius 1 is 1.00 bits per heavy atom. The number of alkyl halides is 3. The van der Waals surface area contributed by atoms with E-state index < -0.39 is 23.9 Å². The van der Waals surface area contributed by atoms with Gasteiger partial charge in [0.25, 0.3) is 0 Å². The van der Waals surface area contributed by atoms with E-state index in [0.717, 1.165) is 0 Å². The van der Waals surface area contributed by atoms with Gasteiger partial charge in [0.1, 0.15) is 0 Å². The van der Waals surface area contributed by atoms with Gasteiger partial charge in [0.15, 0.2) is 11.5 Å². The van der Waals surface area contributed by atoms with Crippen molar-refractivity contribution in [1.82, 2.24) is 15.1 Å². The van der Waals surface area contributed by atoms with Crippen LogP contribution in [0.1, 0.15) is 26.5 Å². The summed E-state index contributed by atoms with van der Waals surface area (Å²) in [5.74, 6) is 0.378. The number of ether oxygens (including phenoxy) is 1. The van der Waals surface area contributed by atoms with Gasteiger partial charge in [-0.3, -0.25) is 4.90 Å². The molecule has 6 nitrogen and oxygen atoms in total. The molecule has 0 saturated carbocycles. The van der Waals surface area contributed by atoms with Gasteiger partial charge >= 0.3 is 6.18 Å². The van der Waals surface area contributed by atoms with Crippen molar-refractivity contribution in [2.45, 2.75) is 39.0 Å². The number of nitrogens with zero attached hydrogens (tertiary/aromatic N) is 4. The van der Waals surface area contributed by atoms with Gasteiger partial charge in [-0.05, 0) is 32.4 Å². The van der Waals surface area contributed by atoms with Gasteiger partial charge in [0.2, 0.25) is 6.41 Å². The summed E-state index contributed by atoms with van der Waals surface area (Å²) < 4.78 is 45.8. The molecule has 0 amide bonds. The first kappa shape index (κ1) is 21.5. The van der Waals surface area contributed by atoms with Crippen LogP contribution >= 0.6 is 0 Å². The predicted octanol–water partition coefficient (Wildman–Crippen LogP) is 3.38. The van der Waals surface area contributed by atoms with Crippen LogP contribution in [0.25, 0.3) is 11.1 Å². The lowest BCUT2D eigenvalue weighted by Gasteiger charge is -2.39. The summed E-state index contributed by atoms with van der Waals surface area (Å²) in [6.07, 6.45) is -5.63. The Kier molecular flexibility index (Phi) is 6.11. The fourth-order valence-electron chi connectivity index (χ4n) is 3.15. The molecule has 29 heavy (non-hydrogen) atoms. The van der Waals surface area contributed by atoms with E-state index in [1.54, 1.807) is 35.2 Å². The monoisotopic (exact) mass is 410 g/mol. The molecule has 0 bridgehead atoms. The minimum Gasteiger partial charge on any atom is -0.356 e. The molecule has 3 rings (SSSR count). The molecular formula is C20H25F3N4O2. The highest BCUT2D eigenvalue weighted by molar-refractivity contribution is 5.69. The maximum atomic E-state index is 13.4. The zero-order valence-corrected chi connectivity index (χ0v) is 16.6. The topological polar surface area (TPSA) is 61.7 Å². The summed E-state index contributed by atoms with van der Waals surface area (Å²) in [4.78, 5) is 3.64. The fourth-order valence-corrected chi connectivity index (χ4v) is 3.15. The van der Waals surface area contributed by atoms with Gasteiger partial charge in [-0.25, -0.2) is 0 Å². The van der Waals surface area contributed by atoms with Crippen molar-refractivity contribution in [3.05, 3.63) is 42.1 Å². The largest absolute Gasteiger partial charge is 0.435 e. The highest BCUT2D eigenvalue weighted by atomic mass is 19.4. The fraction of sp³-hybridized carbons (Fsp3) is 0.500.